The highest BCUT2D eigenvalue weighted by Gasteiger charge is 2.60. The highest BCUT2D eigenvalue weighted by atomic mass is 79.9. The van der Waals surface area contributed by atoms with Crippen molar-refractivity contribution in [2.45, 2.75) is 49.8 Å². The number of halogens is 1. The summed E-state index contributed by atoms with van der Waals surface area (Å²) in [6.45, 7) is 1.09. The molecule has 0 radical (unpaired) electrons. The van der Waals surface area contributed by atoms with Crippen molar-refractivity contribution in [3.05, 3.63) is 11.3 Å². The second kappa shape index (κ2) is 5.62. The Balaban J connectivity index is 1.69. The van der Waals surface area contributed by atoms with Crippen LogP contribution >= 0.6 is 15.9 Å². The molecule has 124 valence electrons. The molecule has 2 atom stereocenters. The van der Waals surface area contributed by atoms with Crippen molar-refractivity contribution in [1.82, 2.24) is 0 Å². The first-order valence-electron chi connectivity index (χ1n) is 8.03. The van der Waals surface area contributed by atoms with E-state index in [-0.39, 0.29) is 21.6 Å². The number of Topliss-reactive ketones (excluding diaryl/α,β-unsaturated/α-hetero) is 1. The molecule has 4 saturated carbocycles. The van der Waals surface area contributed by atoms with E-state index in [4.69, 9.17) is 15.7 Å². The van der Waals surface area contributed by atoms with Gasteiger partial charge in [-0.3, -0.25) is 9.59 Å². The number of carbonyl (C=O) groups excluding carboxylic acids is 2. The van der Waals surface area contributed by atoms with E-state index < -0.39 is 17.8 Å². The van der Waals surface area contributed by atoms with E-state index >= 15 is 0 Å². The minimum absolute atomic E-state index is 0.0612. The average Bonchev–Trinajstić information content (AvgIpc) is 2.42. The Morgan fingerprint density at radius 3 is 2.39 bits per heavy atom. The highest BCUT2D eigenvalue weighted by molar-refractivity contribution is 9.10. The summed E-state index contributed by atoms with van der Waals surface area (Å²) in [5.74, 6) is 0.328. The first-order chi connectivity index (χ1) is 10.8. The fraction of sp³-hybridized carbons (Fsp3) is 0.706. The summed E-state index contributed by atoms with van der Waals surface area (Å²) < 4.78 is 5.38. The molecule has 0 aromatic carbocycles. The van der Waals surface area contributed by atoms with Crippen LogP contribution in [0, 0.1) is 28.6 Å². The van der Waals surface area contributed by atoms with E-state index in [0.717, 1.165) is 32.1 Å². The first-order valence-corrected chi connectivity index (χ1v) is 8.82. The molecule has 0 aliphatic heterocycles. The van der Waals surface area contributed by atoms with E-state index in [1.165, 1.54) is 13.3 Å². The fourth-order valence-corrected chi connectivity index (χ4v) is 6.57. The normalized spacial score (nSPS) is 38.7. The van der Waals surface area contributed by atoms with Crippen LogP contribution in [0.25, 0.3) is 0 Å². The van der Waals surface area contributed by atoms with E-state index in [1.54, 1.807) is 6.07 Å². The lowest BCUT2D eigenvalue weighted by molar-refractivity contribution is -0.170. The zero-order chi connectivity index (χ0) is 16.8. The summed E-state index contributed by atoms with van der Waals surface area (Å²) in [4.78, 5) is 24.7. The number of hydrogen-bond acceptors (Lipinski definition) is 5. The van der Waals surface area contributed by atoms with E-state index in [2.05, 4.69) is 15.9 Å². The average molecular weight is 381 g/mol. The SMILES string of the molecule is C/C(N)=C(\C#N)C(=O)COC(=O)C12C[C@H]3C[C@@H](CC(Br)(C3)C1)C2. The van der Waals surface area contributed by atoms with Gasteiger partial charge in [0.25, 0.3) is 0 Å². The lowest BCUT2D eigenvalue weighted by atomic mass is 9.49. The predicted octanol–water partition coefficient (Wildman–Crippen LogP) is 2.59. The van der Waals surface area contributed by atoms with Crippen LogP contribution < -0.4 is 5.73 Å². The number of rotatable bonds is 4. The number of nitrogens with zero attached hydrogens (tertiary/aromatic N) is 1. The van der Waals surface area contributed by atoms with Gasteiger partial charge in [-0.05, 0) is 57.3 Å². The van der Waals surface area contributed by atoms with E-state index in [0.29, 0.717) is 11.8 Å². The lowest BCUT2D eigenvalue weighted by Crippen LogP contribution is -2.56. The minimum Gasteiger partial charge on any atom is -0.457 e. The Labute approximate surface area is 144 Å². The van der Waals surface area contributed by atoms with Crippen LogP contribution in [0.3, 0.4) is 0 Å². The van der Waals surface area contributed by atoms with Gasteiger partial charge in [0.05, 0.1) is 5.41 Å². The molecule has 4 aliphatic carbocycles. The molecule has 0 heterocycles. The number of esters is 1. The molecular formula is C17H21BrN2O3. The number of hydrogen-bond donors (Lipinski definition) is 1. The van der Waals surface area contributed by atoms with Gasteiger partial charge in [0.1, 0.15) is 11.6 Å². The van der Waals surface area contributed by atoms with Crippen LogP contribution in [0.2, 0.25) is 0 Å². The molecule has 0 aromatic heterocycles. The van der Waals surface area contributed by atoms with Crippen molar-refractivity contribution in [3.63, 3.8) is 0 Å². The van der Waals surface area contributed by atoms with Crippen LogP contribution in [-0.2, 0) is 14.3 Å². The van der Waals surface area contributed by atoms with Crippen LogP contribution in [-0.4, -0.2) is 22.7 Å². The summed E-state index contributed by atoms with van der Waals surface area (Å²) in [5, 5.41) is 8.94. The maximum Gasteiger partial charge on any atom is 0.312 e. The molecule has 23 heavy (non-hydrogen) atoms. The van der Waals surface area contributed by atoms with Crippen molar-refractivity contribution < 1.29 is 14.3 Å². The number of alkyl halides is 1. The number of ketones is 1. The molecule has 5 nitrogen and oxygen atoms in total. The Morgan fingerprint density at radius 2 is 1.91 bits per heavy atom. The molecule has 4 fully saturated rings. The van der Waals surface area contributed by atoms with Crippen molar-refractivity contribution >= 4 is 27.7 Å². The molecule has 6 heteroatoms. The number of nitrogens with two attached hydrogens (primary N) is 1. The number of ether oxygens (including phenoxy) is 1. The first kappa shape index (κ1) is 16.5. The largest absolute Gasteiger partial charge is 0.457 e. The van der Waals surface area contributed by atoms with Gasteiger partial charge in [-0.2, -0.15) is 5.26 Å². The van der Waals surface area contributed by atoms with Crippen molar-refractivity contribution in [2.24, 2.45) is 23.0 Å². The van der Waals surface area contributed by atoms with Gasteiger partial charge in [-0.25, -0.2) is 0 Å². The van der Waals surface area contributed by atoms with Crippen molar-refractivity contribution in [1.29, 1.82) is 5.26 Å². The Hall–Kier alpha value is -1.35. The third-order valence-electron chi connectivity index (χ3n) is 5.54. The fourth-order valence-electron chi connectivity index (χ4n) is 5.12. The lowest BCUT2D eigenvalue weighted by Gasteiger charge is -2.58. The van der Waals surface area contributed by atoms with E-state index in [9.17, 15) is 9.59 Å². The third kappa shape index (κ3) is 2.91. The van der Waals surface area contributed by atoms with Crippen LogP contribution in [0.4, 0.5) is 0 Å². The van der Waals surface area contributed by atoms with Gasteiger partial charge in [0.2, 0.25) is 5.78 Å². The number of nitriles is 1. The second-order valence-electron chi connectivity index (χ2n) is 7.56. The van der Waals surface area contributed by atoms with Gasteiger partial charge in [-0.15, -0.1) is 0 Å². The van der Waals surface area contributed by atoms with Crippen LogP contribution in [0.1, 0.15) is 45.4 Å². The van der Waals surface area contributed by atoms with Gasteiger partial charge in [-0.1, -0.05) is 15.9 Å². The van der Waals surface area contributed by atoms with Gasteiger partial charge >= 0.3 is 5.97 Å². The van der Waals surface area contributed by atoms with Crippen molar-refractivity contribution in [3.8, 4) is 6.07 Å². The van der Waals surface area contributed by atoms with Crippen molar-refractivity contribution in [2.75, 3.05) is 6.61 Å². The zero-order valence-electron chi connectivity index (χ0n) is 13.2. The quantitative estimate of drug-likeness (QED) is 0.350. The summed E-state index contributed by atoms with van der Waals surface area (Å²) in [5.41, 5.74) is 5.08. The predicted molar refractivity (Wildman–Crippen MR) is 87.2 cm³/mol. The summed E-state index contributed by atoms with van der Waals surface area (Å²) in [6, 6.07) is 1.77. The molecular weight excluding hydrogens is 360 g/mol. The Kier molecular flexibility index (Phi) is 4.04. The summed E-state index contributed by atoms with van der Waals surface area (Å²) >= 11 is 3.85. The smallest absolute Gasteiger partial charge is 0.312 e. The summed E-state index contributed by atoms with van der Waals surface area (Å²) in [6.07, 6.45) is 5.98. The molecule has 4 rings (SSSR count). The topological polar surface area (TPSA) is 93.2 Å². The third-order valence-corrected chi connectivity index (χ3v) is 6.47. The highest BCUT2D eigenvalue weighted by Crippen LogP contribution is 2.64. The second-order valence-corrected chi connectivity index (χ2v) is 9.24. The zero-order valence-corrected chi connectivity index (χ0v) is 14.8. The molecule has 0 aromatic rings. The molecule has 0 amide bonds. The Bertz CT molecular complexity index is 616. The maximum atomic E-state index is 12.7. The minimum atomic E-state index is -0.529. The standard InChI is InChI=1S/C17H21BrN2O3/c1-10(20)13(7-19)14(21)8-23-15(22)16-3-11-2-12(4-16)6-17(18,5-11)9-16/h11-12H,2-6,8-9,20H2,1H3/b13-10-/t11-,12-,16?,17?/m1/s1. The van der Waals surface area contributed by atoms with E-state index in [1.807, 2.05) is 0 Å². The summed E-state index contributed by atoms with van der Waals surface area (Å²) in [7, 11) is 0. The monoisotopic (exact) mass is 380 g/mol. The number of allylic oxidation sites excluding steroid dienone is 1. The molecule has 0 unspecified atom stereocenters. The van der Waals surface area contributed by atoms with Gasteiger partial charge in [0, 0.05) is 10.0 Å². The van der Waals surface area contributed by atoms with Gasteiger partial charge in [0.15, 0.2) is 6.61 Å². The van der Waals surface area contributed by atoms with Crippen LogP contribution in [0.5, 0.6) is 0 Å². The maximum absolute atomic E-state index is 12.7. The molecule has 4 aliphatic rings. The van der Waals surface area contributed by atoms with Crippen LogP contribution in [0.15, 0.2) is 11.3 Å². The Morgan fingerprint density at radius 1 is 1.30 bits per heavy atom. The molecule has 4 bridgehead atoms. The molecule has 0 saturated heterocycles. The molecule has 2 N–H and O–H groups in total. The molecule has 0 spiro atoms. The van der Waals surface area contributed by atoms with Gasteiger partial charge < -0.3 is 10.5 Å². The number of carbonyl (C=O) groups is 2.